The van der Waals surface area contributed by atoms with Crippen LogP contribution >= 0.6 is 0 Å². The molecule has 4 heteroatoms. The fraction of sp³-hybridized carbons (Fsp3) is 0.250. The Morgan fingerprint density at radius 1 is 1.50 bits per heavy atom. The summed E-state index contributed by atoms with van der Waals surface area (Å²) in [5.41, 5.74) is 0.572. The van der Waals surface area contributed by atoms with E-state index in [-0.39, 0.29) is 5.75 Å². The summed E-state index contributed by atoms with van der Waals surface area (Å²) in [5, 5.41) is 9.33. The van der Waals surface area contributed by atoms with Crippen molar-refractivity contribution < 1.29 is 19.4 Å². The number of esters is 1. The molecular formula is C12H12O4. The third-order valence-corrected chi connectivity index (χ3v) is 1.76. The zero-order valence-electron chi connectivity index (χ0n) is 9.11. The van der Waals surface area contributed by atoms with Crippen molar-refractivity contribution in [2.45, 2.75) is 6.92 Å². The number of rotatable bonds is 2. The van der Waals surface area contributed by atoms with Gasteiger partial charge in [0, 0.05) is 11.5 Å². The molecule has 0 bridgehead atoms. The van der Waals surface area contributed by atoms with Crippen LogP contribution in [0.5, 0.6) is 11.5 Å². The molecule has 16 heavy (non-hydrogen) atoms. The Hall–Kier alpha value is -2.15. The number of carbonyl (C=O) groups is 1. The average molecular weight is 220 g/mol. The summed E-state index contributed by atoms with van der Waals surface area (Å²) in [4.78, 5) is 11.0. The van der Waals surface area contributed by atoms with Crippen LogP contribution < -0.4 is 4.74 Å². The van der Waals surface area contributed by atoms with Gasteiger partial charge in [0.1, 0.15) is 0 Å². The fourth-order valence-corrected chi connectivity index (χ4v) is 1.05. The predicted molar refractivity (Wildman–Crippen MR) is 58.2 cm³/mol. The van der Waals surface area contributed by atoms with E-state index in [2.05, 4.69) is 16.6 Å². The van der Waals surface area contributed by atoms with Gasteiger partial charge in [-0.3, -0.25) is 0 Å². The van der Waals surface area contributed by atoms with Crippen molar-refractivity contribution in [2.24, 2.45) is 0 Å². The Morgan fingerprint density at radius 3 is 2.88 bits per heavy atom. The lowest BCUT2D eigenvalue weighted by molar-refractivity contribution is -0.136. The van der Waals surface area contributed by atoms with E-state index < -0.39 is 5.97 Å². The Labute approximate surface area is 93.8 Å². The van der Waals surface area contributed by atoms with E-state index in [9.17, 15) is 9.90 Å². The van der Waals surface area contributed by atoms with Crippen LogP contribution in [-0.4, -0.2) is 24.8 Å². The van der Waals surface area contributed by atoms with E-state index >= 15 is 0 Å². The highest BCUT2D eigenvalue weighted by Crippen LogP contribution is 2.25. The molecule has 0 radical (unpaired) electrons. The van der Waals surface area contributed by atoms with Gasteiger partial charge in [-0.2, -0.15) is 0 Å². The number of aromatic hydroxyl groups is 1. The summed E-state index contributed by atoms with van der Waals surface area (Å²) < 4.78 is 9.56. The van der Waals surface area contributed by atoms with Crippen LogP contribution in [0.15, 0.2) is 18.2 Å². The number of hydrogen-bond donors (Lipinski definition) is 1. The lowest BCUT2D eigenvalue weighted by atomic mass is 10.2. The zero-order valence-corrected chi connectivity index (χ0v) is 9.11. The van der Waals surface area contributed by atoms with E-state index in [4.69, 9.17) is 4.74 Å². The fourth-order valence-electron chi connectivity index (χ4n) is 1.05. The highest BCUT2D eigenvalue weighted by atomic mass is 16.5. The molecule has 1 aromatic rings. The van der Waals surface area contributed by atoms with E-state index in [0.717, 1.165) is 0 Å². The first-order valence-corrected chi connectivity index (χ1v) is 4.73. The molecule has 0 aliphatic carbocycles. The molecule has 4 nitrogen and oxygen atoms in total. The van der Waals surface area contributed by atoms with Crippen molar-refractivity contribution in [3.8, 4) is 23.3 Å². The molecule has 0 heterocycles. The van der Waals surface area contributed by atoms with Crippen molar-refractivity contribution in [2.75, 3.05) is 13.7 Å². The van der Waals surface area contributed by atoms with Gasteiger partial charge in [-0.25, -0.2) is 4.79 Å². The molecule has 1 aromatic carbocycles. The summed E-state index contributed by atoms with van der Waals surface area (Å²) in [6.07, 6.45) is 0. The molecule has 0 unspecified atom stereocenters. The Morgan fingerprint density at radius 2 is 2.25 bits per heavy atom. The van der Waals surface area contributed by atoms with E-state index in [1.54, 1.807) is 19.1 Å². The first-order chi connectivity index (χ1) is 7.67. The van der Waals surface area contributed by atoms with Crippen molar-refractivity contribution in [1.29, 1.82) is 0 Å². The highest BCUT2D eigenvalue weighted by Gasteiger charge is 2.01. The smallest absolute Gasteiger partial charge is 0.384 e. The Bertz CT molecular complexity index is 440. The normalized spacial score (nSPS) is 8.88. The second kappa shape index (κ2) is 5.66. The lowest BCUT2D eigenvalue weighted by Gasteiger charge is -2.02. The Balaban J connectivity index is 2.85. The highest BCUT2D eigenvalue weighted by molar-refractivity contribution is 5.89. The van der Waals surface area contributed by atoms with Gasteiger partial charge in [-0.15, -0.1) is 0 Å². The van der Waals surface area contributed by atoms with Gasteiger partial charge in [0.25, 0.3) is 0 Å². The van der Waals surface area contributed by atoms with E-state index in [1.807, 2.05) is 0 Å². The zero-order chi connectivity index (χ0) is 12.0. The minimum Gasteiger partial charge on any atom is -0.504 e. The average Bonchev–Trinajstić information content (AvgIpc) is 2.28. The van der Waals surface area contributed by atoms with Crippen LogP contribution in [0.2, 0.25) is 0 Å². The number of carbonyl (C=O) groups excluding carboxylic acids is 1. The van der Waals surface area contributed by atoms with Crippen LogP contribution in [0.3, 0.4) is 0 Å². The largest absolute Gasteiger partial charge is 0.504 e. The first kappa shape index (κ1) is 11.9. The number of ether oxygens (including phenoxy) is 2. The standard InChI is InChI=1S/C12H12O4/c1-3-16-12(14)7-5-9-4-6-10(13)11(8-9)15-2/h4,6,8,13H,3H2,1-2H3. The molecule has 0 saturated carbocycles. The van der Waals surface area contributed by atoms with Crippen LogP contribution in [0.25, 0.3) is 0 Å². The van der Waals surface area contributed by atoms with E-state index in [0.29, 0.717) is 17.9 Å². The number of benzene rings is 1. The van der Waals surface area contributed by atoms with Gasteiger partial charge >= 0.3 is 5.97 Å². The maximum Gasteiger partial charge on any atom is 0.384 e. The molecule has 0 aromatic heterocycles. The number of hydrogen-bond acceptors (Lipinski definition) is 4. The summed E-state index contributed by atoms with van der Waals surface area (Å²) in [6, 6.07) is 4.58. The van der Waals surface area contributed by atoms with Crippen molar-refractivity contribution in [3.05, 3.63) is 23.8 Å². The summed E-state index contributed by atoms with van der Waals surface area (Å²) in [5.74, 6) is 4.71. The minimum atomic E-state index is -0.574. The van der Waals surface area contributed by atoms with Crippen LogP contribution in [0.4, 0.5) is 0 Å². The predicted octanol–water partition coefficient (Wildman–Crippen LogP) is 1.32. The van der Waals surface area contributed by atoms with Gasteiger partial charge in [-0.05, 0) is 25.1 Å². The van der Waals surface area contributed by atoms with Gasteiger partial charge in [0.15, 0.2) is 11.5 Å². The molecule has 0 fully saturated rings. The summed E-state index contributed by atoms with van der Waals surface area (Å²) in [6.45, 7) is 2.01. The number of methoxy groups -OCH3 is 1. The van der Waals surface area contributed by atoms with Crippen LogP contribution in [0, 0.1) is 11.8 Å². The first-order valence-electron chi connectivity index (χ1n) is 4.73. The quantitative estimate of drug-likeness (QED) is 0.603. The molecule has 0 atom stereocenters. The molecular weight excluding hydrogens is 208 g/mol. The minimum absolute atomic E-state index is 0.0317. The molecule has 84 valence electrons. The lowest BCUT2D eigenvalue weighted by Crippen LogP contribution is -1.99. The number of phenols is 1. The van der Waals surface area contributed by atoms with Gasteiger partial charge in [0.2, 0.25) is 0 Å². The molecule has 0 amide bonds. The maximum atomic E-state index is 11.0. The van der Waals surface area contributed by atoms with Crippen molar-refractivity contribution in [1.82, 2.24) is 0 Å². The monoisotopic (exact) mass is 220 g/mol. The molecule has 1 rings (SSSR count). The third-order valence-electron chi connectivity index (χ3n) is 1.76. The molecule has 0 aliphatic rings. The van der Waals surface area contributed by atoms with Gasteiger partial charge in [0.05, 0.1) is 13.7 Å². The maximum absolute atomic E-state index is 11.0. The SMILES string of the molecule is CCOC(=O)C#Cc1ccc(O)c(OC)c1. The van der Waals surface area contributed by atoms with Crippen LogP contribution in [-0.2, 0) is 9.53 Å². The molecule has 0 spiro atoms. The topological polar surface area (TPSA) is 55.8 Å². The van der Waals surface area contributed by atoms with E-state index in [1.165, 1.54) is 13.2 Å². The molecule has 0 aliphatic heterocycles. The molecule has 0 saturated heterocycles. The van der Waals surface area contributed by atoms with Crippen molar-refractivity contribution >= 4 is 5.97 Å². The van der Waals surface area contributed by atoms with Crippen molar-refractivity contribution in [3.63, 3.8) is 0 Å². The van der Waals surface area contributed by atoms with Gasteiger partial charge < -0.3 is 14.6 Å². The molecule has 1 N–H and O–H groups in total. The summed E-state index contributed by atoms with van der Waals surface area (Å²) >= 11 is 0. The second-order valence-corrected chi connectivity index (χ2v) is 2.86. The number of phenolic OH excluding ortho intramolecular Hbond substituents is 1. The third kappa shape index (κ3) is 3.21. The second-order valence-electron chi connectivity index (χ2n) is 2.86. The van der Waals surface area contributed by atoms with Gasteiger partial charge in [-0.1, -0.05) is 5.92 Å². The Kier molecular flexibility index (Phi) is 4.22. The summed E-state index contributed by atoms with van der Waals surface area (Å²) in [7, 11) is 1.44. The van der Waals surface area contributed by atoms with Crippen LogP contribution in [0.1, 0.15) is 12.5 Å².